The van der Waals surface area contributed by atoms with Crippen LogP contribution in [0.2, 0.25) is 0 Å². The second-order valence-electron chi connectivity index (χ2n) is 5.27. The first-order valence-electron chi connectivity index (χ1n) is 7.27. The zero-order valence-corrected chi connectivity index (χ0v) is 12.3. The van der Waals surface area contributed by atoms with Crippen LogP contribution in [0.15, 0.2) is 59.6 Å². The topological polar surface area (TPSA) is 65.5 Å². The monoisotopic (exact) mass is 294 g/mol. The number of hydrazine groups is 1. The lowest BCUT2D eigenvalue weighted by Crippen LogP contribution is -2.42. The first-order valence-corrected chi connectivity index (χ1v) is 7.27. The van der Waals surface area contributed by atoms with Gasteiger partial charge in [-0.05, 0) is 31.2 Å². The van der Waals surface area contributed by atoms with Crippen molar-refractivity contribution in [3.63, 3.8) is 0 Å². The Balaban J connectivity index is 1.72. The number of nitrogens with one attached hydrogen (secondary N) is 3. The Bertz CT molecular complexity index is 697. The molecule has 112 valence electrons. The van der Waals surface area contributed by atoms with Gasteiger partial charge in [0.25, 0.3) is 5.91 Å². The molecule has 0 saturated heterocycles. The van der Waals surface area contributed by atoms with Crippen molar-refractivity contribution in [3.8, 4) is 0 Å². The minimum atomic E-state index is -0.179. The number of hydrogen-bond donors (Lipinski definition) is 3. The first kappa shape index (κ1) is 14.1. The highest BCUT2D eigenvalue weighted by Gasteiger charge is 2.15. The van der Waals surface area contributed by atoms with Gasteiger partial charge < -0.3 is 5.32 Å². The van der Waals surface area contributed by atoms with E-state index >= 15 is 0 Å². The molecule has 2 aromatic carbocycles. The highest BCUT2D eigenvalue weighted by atomic mass is 16.2. The van der Waals surface area contributed by atoms with Gasteiger partial charge in [0.05, 0.1) is 11.4 Å². The Morgan fingerprint density at radius 1 is 1.14 bits per heavy atom. The van der Waals surface area contributed by atoms with Crippen LogP contribution in [0.5, 0.6) is 0 Å². The molecule has 0 aromatic heterocycles. The Kier molecular flexibility index (Phi) is 4.05. The molecule has 2 aromatic rings. The summed E-state index contributed by atoms with van der Waals surface area (Å²) in [6.45, 7) is 2.08. The molecule has 1 heterocycles. The van der Waals surface area contributed by atoms with Crippen molar-refractivity contribution in [1.29, 1.82) is 0 Å². The number of benzene rings is 2. The van der Waals surface area contributed by atoms with Crippen molar-refractivity contribution < 1.29 is 4.79 Å². The molecular weight excluding hydrogens is 276 g/mol. The van der Waals surface area contributed by atoms with Crippen LogP contribution in [0.1, 0.15) is 23.7 Å². The van der Waals surface area contributed by atoms with E-state index in [2.05, 4.69) is 28.1 Å². The molecule has 1 amide bonds. The van der Waals surface area contributed by atoms with Gasteiger partial charge in [0, 0.05) is 18.0 Å². The number of amidine groups is 1. The number of amides is 1. The van der Waals surface area contributed by atoms with Crippen LogP contribution in [0, 0.1) is 0 Å². The summed E-state index contributed by atoms with van der Waals surface area (Å²) in [5, 5.41) is 3.40. The van der Waals surface area contributed by atoms with Crippen LogP contribution >= 0.6 is 0 Å². The summed E-state index contributed by atoms with van der Waals surface area (Å²) in [6, 6.07) is 17.2. The molecule has 0 aliphatic carbocycles. The van der Waals surface area contributed by atoms with Gasteiger partial charge in [-0.1, -0.05) is 30.3 Å². The molecule has 0 saturated carbocycles. The van der Waals surface area contributed by atoms with E-state index in [-0.39, 0.29) is 11.9 Å². The van der Waals surface area contributed by atoms with E-state index in [4.69, 9.17) is 0 Å². The molecule has 1 atom stereocenters. The molecule has 1 aliphatic heterocycles. The quantitative estimate of drug-likeness (QED) is 0.709. The lowest BCUT2D eigenvalue weighted by molar-refractivity contribution is 0.0943. The number of anilines is 1. The van der Waals surface area contributed by atoms with E-state index in [0.29, 0.717) is 12.0 Å². The average molecular weight is 294 g/mol. The van der Waals surface area contributed by atoms with Crippen LogP contribution in [0.3, 0.4) is 0 Å². The minimum absolute atomic E-state index is 0.179. The zero-order chi connectivity index (χ0) is 15.4. The van der Waals surface area contributed by atoms with Gasteiger partial charge in [-0.3, -0.25) is 15.6 Å². The average Bonchev–Trinajstić information content (AvgIpc) is 2.71. The molecule has 1 aliphatic rings. The Morgan fingerprint density at radius 3 is 2.68 bits per heavy atom. The van der Waals surface area contributed by atoms with Crippen LogP contribution < -0.4 is 16.2 Å². The highest BCUT2D eigenvalue weighted by Crippen LogP contribution is 2.27. The van der Waals surface area contributed by atoms with E-state index in [9.17, 15) is 4.79 Å². The van der Waals surface area contributed by atoms with Crippen molar-refractivity contribution in [3.05, 3.63) is 60.2 Å². The number of carbonyl (C=O) groups is 1. The molecule has 0 radical (unpaired) electrons. The van der Waals surface area contributed by atoms with Crippen molar-refractivity contribution in [2.45, 2.75) is 19.4 Å². The van der Waals surface area contributed by atoms with E-state index in [1.54, 1.807) is 12.1 Å². The fourth-order valence-electron chi connectivity index (χ4n) is 2.36. The third kappa shape index (κ3) is 3.25. The number of aliphatic imine (C=N–C) groups is 1. The number of fused-ring (bicyclic) bond motifs is 1. The lowest BCUT2D eigenvalue weighted by Gasteiger charge is -2.14. The molecule has 3 rings (SSSR count). The van der Waals surface area contributed by atoms with Crippen molar-refractivity contribution in [2.75, 3.05) is 5.32 Å². The summed E-state index contributed by atoms with van der Waals surface area (Å²) in [7, 11) is 0. The second-order valence-corrected chi connectivity index (χ2v) is 5.27. The molecule has 0 fully saturated rings. The largest absolute Gasteiger partial charge is 0.380 e. The van der Waals surface area contributed by atoms with Crippen LogP contribution in [0.25, 0.3) is 0 Å². The van der Waals surface area contributed by atoms with Crippen LogP contribution in [-0.2, 0) is 0 Å². The SMILES string of the molecule is CC1CC(NNC(=O)c2ccccc2)=Nc2ccccc2N1. The summed E-state index contributed by atoms with van der Waals surface area (Å²) < 4.78 is 0. The standard InChI is InChI=1S/C17H18N4O/c1-12-11-16(19-15-10-6-5-9-14(15)18-12)20-21-17(22)13-7-3-2-4-8-13/h2-10,12,18H,11H2,1H3,(H,19,20)(H,21,22). The molecule has 1 unspecified atom stereocenters. The summed E-state index contributed by atoms with van der Waals surface area (Å²) in [5.41, 5.74) is 8.11. The smallest absolute Gasteiger partial charge is 0.269 e. The van der Waals surface area contributed by atoms with Gasteiger partial charge in [-0.2, -0.15) is 0 Å². The molecule has 5 heteroatoms. The summed E-state index contributed by atoms with van der Waals surface area (Å²) >= 11 is 0. The van der Waals surface area contributed by atoms with Crippen molar-refractivity contribution >= 4 is 23.1 Å². The third-order valence-corrected chi connectivity index (χ3v) is 3.42. The maximum Gasteiger partial charge on any atom is 0.269 e. The third-order valence-electron chi connectivity index (χ3n) is 3.42. The maximum absolute atomic E-state index is 12.1. The van der Waals surface area contributed by atoms with Gasteiger partial charge >= 0.3 is 0 Å². The second kappa shape index (κ2) is 6.30. The molecule has 3 N–H and O–H groups in total. The molecular formula is C17H18N4O. The van der Waals surface area contributed by atoms with Gasteiger partial charge in [0.15, 0.2) is 0 Å². The Morgan fingerprint density at radius 2 is 1.86 bits per heavy atom. The number of rotatable bonds is 1. The van der Waals surface area contributed by atoms with Gasteiger partial charge in [0.1, 0.15) is 5.84 Å². The molecule has 0 spiro atoms. The number of carbonyl (C=O) groups excluding carboxylic acids is 1. The molecule has 5 nitrogen and oxygen atoms in total. The number of nitrogens with zero attached hydrogens (tertiary/aromatic N) is 1. The first-order chi connectivity index (χ1) is 10.7. The Hall–Kier alpha value is -2.82. The molecule has 22 heavy (non-hydrogen) atoms. The zero-order valence-electron chi connectivity index (χ0n) is 12.3. The summed E-state index contributed by atoms with van der Waals surface area (Å²) in [5.74, 6) is 0.552. The van der Waals surface area contributed by atoms with Crippen LogP contribution in [-0.4, -0.2) is 17.8 Å². The van der Waals surface area contributed by atoms with E-state index < -0.39 is 0 Å². The lowest BCUT2D eigenvalue weighted by atomic mass is 10.2. The van der Waals surface area contributed by atoms with Crippen molar-refractivity contribution in [1.82, 2.24) is 10.9 Å². The van der Waals surface area contributed by atoms with Gasteiger partial charge in [-0.25, -0.2) is 4.99 Å². The van der Waals surface area contributed by atoms with E-state index in [0.717, 1.165) is 17.2 Å². The van der Waals surface area contributed by atoms with Crippen molar-refractivity contribution in [2.24, 2.45) is 4.99 Å². The predicted octanol–water partition coefficient (Wildman–Crippen LogP) is 2.86. The fourth-order valence-corrected chi connectivity index (χ4v) is 2.36. The van der Waals surface area contributed by atoms with E-state index in [1.807, 2.05) is 42.5 Å². The fraction of sp³-hybridized carbons (Fsp3) is 0.176. The normalized spacial score (nSPS) is 16.6. The summed E-state index contributed by atoms with van der Waals surface area (Å²) in [4.78, 5) is 16.6. The van der Waals surface area contributed by atoms with E-state index in [1.165, 1.54) is 0 Å². The minimum Gasteiger partial charge on any atom is -0.380 e. The maximum atomic E-state index is 12.1. The highest BCUT2D eigenvalue weighted by molar-refractivity contribution is 5.96. The summed E-state index contributed by atoms with van der Waals surface area (Å²) in [6.07, 6.45) is 0.698. The predicted molar refractivity (Wildman–Crippen MR) is 88.3 cm³/mol. The van der Waals surface area contributed by atoms with Crippen LogP contribution in [0.4, 0.5) is 11.4 Å². The number of para-hydroxylation sites is 2. The van der Waals surface area contributed by atoms with Gasteiger partial charge in [0.2, 0.25) is 0 Å². The molecule has 0 bridgehead atoms. The number of hydrogen-bond acceptors (Lipinski definition) is 4. The van der Waals surface area contributed by atoms with Gasteiger partial charge in [-0.15, -0.1) is 0 Å². The Labute approximate surface area is 129 Å².